The summed E-state index contributed by atoms with van der Waals surface area (Å²) in [4.78, 5) is 3.99. The van der Waals surface area contributed by atoms with Gasteiger partial charge in [0.25, 0.3) is 0 Å². The lowest BCUT2D eigenvalue weighted by molar-refractivity contribution is 0.0906. The Kier molecular flexibility index (Phi) is 7.25. The highest BCUT2D eigenvalue weighted by Gasteiger charge is 2.38. The number of fused-ring (bicyclic) bond motifs is 1. The van der Waals surface area contributed by atoms with Gasteiger partial charge in [0.15, 0.2) is 0 Å². The van der Waals surface area contributed by atoms with Crippen LogP contribution in [0.4, 0.5) is 0 Å². The number of pyridine rings is 1. The van der Waals surface area contributed by atoms with Crippen molar-refractivity contribution in [1.29, 1.82) is 0 Å². The first-order valence-electron chi connectivity index (χ1n) is 10.2. The Hall–Kier alpha value is -2.05. The van der Waals surface area contributed by atoms with E-state index in [9.17, 15) is 21.9 Å². The molecule has 32 heavy (non-hydrogen) atoms. The van der Waals surface area contributed by atoms with E-state index in [0.717, 1.165) is 17.4 Å². The van der Waals surface area contributed by atoms with Gasteiger partial charge in [-0.25, -0.2) is 21.1 Å². The minimum atomic E-state index is -3.96. The standard InChI is InChI=1S/C21H29N3O6S2/c1-15-12-24(16(2)14-25)32(28,29)21-6-5-18(17-7-9-22-10-8-17)11-19(21)30-20(15)13-23(3)31(4,26)27/h5-11,15-16,20,25H,12-14H2,1-4H3/t15-,16-,20+/m1/s1. The van der Waals surface area contributed by atoms with Crippen molar-refractivity contribution in [1.82, 2.24) is 13.6 Å². The third kappa shape index (κ3) is 5.12. The van der Waals surface area contributed by atoms with Crippen LogP contribution >= 0.6 is 0 Å². The molecule has 0 amide bonds. The monoisotopic (exact) mass is 483 g/mol. The maximum atomic E-state index is 13.5. The molecule has 1 aliphatic heterocycles. The predicted octanol–water partition coefficient (Wildman–Crippen LogP) is 1.41. The van der Waals surface area contributed by atoms with Crippen molar-refractivity contribution in [3.8, 4) is 16.9 Å². The molecular formula is C21H29N3O6S2. The number of aliphatic hydroxyl groups is 1. The lowest BCUT2D eigenvalue weighted by Crippen LogP contribution is -2.50. The van der Waals surface area contributed by atoms with E-state index in [1.54, 1.807) is 43.6 Å². The summed E-state index contributed by atoms with van der Waals surface area (Å²) < 4.78 is 59.6. The SMILES string of the molecule is C[C@@H]1CN([C@H](C)CO)S(=O)(=O)c2ccc(-c3ccncc3)cc2O[C@H]1CN(C)S(C)(=O)=O. The molecule has 3 atom stereocenters. The second-order valence-corrected chi connectivity index (χ2v) is 12.1. The lowest BCUT2D eigenvalue weighted by atomic mass is 10.0. The summed E-state index contributed by atoms with van der Waals surface area (Å²) in [5.41, 5.74) is 1.58. The summed E-state index contributed by atoms with van der Waals surface area (Å²) in [6, 6.07) is 7.79. The van der Waals surface area contributed by atoms with E-state index in [0.29, 0.717) is 0 Å². The van der Waals surface area contributed by atoms with E-state index in [2.05, 4.69) is 4.98 Å². The van der Waals surface area contributed by atoms with Gasteiger partial charge in [-0.1, -0.05) is 13.0 Å². The zero-order valence-corrected chi connectivity index (χ0v) is 20.2. The molecule has 176 valence electrons. The van der Waals surface area contributed by atoms with Gasteiger partial charge in [-0.3, -0.25) is 4.98 Å². The summed E-state index contributed by atoms with van der Waals surface area (Å²) in [7, 11) is -5.96. The Morgan fingerprint density at radius 2 is 1.91 bits per heavy atom. The molecule has 0 radical (unpaired) electrons. The smallest absolute Gasteiger partial charge is 0.247 e. The van der Waals surface area contributed by atoms with Crippen molar-refractivity contribution in [2.24, 2.45) is 5.92 Å². The van der Waals surface area contributed by atoms with Gasteiger partial charge in [0.2, 0.25) is 20.0 Å². The zero-order valence-electron chi connectivity index (χ0n) is 18.5. The van der Waals surface area contributed by atoms with Crippen molar-refractivity contribution in [3.05, 3.63) is 42.7 Å². The molecule has 1 N–H and O–H groups in total. The van der Waals surface area contributed by atoms with E-state index < -0.39 is 32.2 Å². The molecule has 1 aromatic carbocycles. The van der Waals surface area contributed by atoms with Gasteiger partial charge in [-0.15, -0.1) is 0 Å². The molecule has 0 saturated carbocycles. The number of likely N-dealkylation sites (N-methyl/N-ethyl adjacent to an activating group) is 1. The van der Waals surface area contributed by atoms with Gasteiger partial charge in [-0.2, -0.15) is 4.31 Å². The molecule has 0 saturated heterocycles. The highest BCUT2D eigenvalue weighted by molar-refractivity contribution is 7.89. The Morgan fingerprint density at radius 1 is 1.25 bits per heavy atom. The van der Waals surface area contributed by atoms with Crippen LogP contribution in [0.25, 0.3) is 11.1 Å². The topological polar surface area (TPSA) is 117 Å². The summed E-state index contributed by atoms with van der Waals surface area (Å²) in [6.45, 7) is 3.24. The molecule has 0 unspecified atom stereocenters. The molecule has 1 aromatic heterocycles. The van der Waals surface area contributed by atoms with Gasteiger partial charge in [0.05, 0.1) is 19.4 Å². The van der Waals surface area contributed by atoms with Gasteiger partial charge in [-0.05, 0) is 42.3 Å². The van der Waals surface area contributed by atoms with E-state index in [-0.39, 0.29) is 36.3 Å². The van der Waals surface area contributed by atoms with Crippen LogP contribution in [0.2, 0.25) is 0 Å². The van der Waals surface area contributed by atoms with Crippen LogP contribution < -0.4 is 4.74 Å². The van der Waals surface area contributed by atoms with E-state index >= 15 is 0 Å². The average Bonchev–Trinajstić information content (AvgIpc) is 2.75. The summed E-state index contributed by atoms with van der Waals surface area (Å²) in [5, 5.41) is 9.70. The first-order valence-corrected chi connectivity index (χ1v) is 13.5. The molecule has 0 aliphatic carbocycles. The number of sulfonamides is 2. The molecule has 0 fully saturated rings. The molecule has 2 heterocycles. The van der Waals surface area contributed by atoms with Gasteiger partial charge in [0, 0.05) is 37.9 Å². The third-order valence-corrected chi connectivity index (χ3v) is 8.98. The maximum Gasteiger partial charge on any atom is 0.247 e. The fourth-order valence-corrected chi connectivity index (χ4v) is 5.80. The van der Waals surface area contributed by atoms with Crippen LogP contribution in [0.5, 0.6) is 5.75 Å². The first-order chi connectivity index (χ1) is 14.9. The van der Waals surface area contributed by atoms with E-state index in [1.165, 1.54) is 21.7 Å². The number of nitrogens with zero attached hydrogens (tertiary/aromatic N) is 3. The summed E-state index contributed by atoms with van der Waals surface area (Å²) in [5.74, 6) is -0.200. The van der Waals surface area contributed by atoms with Crippen LogP contribution in [0.15, 0.2) is 47.6 Å². The highest BCUT2D eigenvalue weighted by atomic mass is 32.2. The second kappa shape index (κ2) is 9.44. The van der Waals surface area contributed by atoms with Gasteiger partial charge >= 0.3 is 0 Å². The molecule has 9 nitrogen and oxygen atoms in total. The minimum absolute atomic E-state index is 0.0190. The summed E-state index contributed by atoms with van der Waals surface area (Å²) >= 11 is 0. The number of rotatable bonds is 6. The molecule has 11 heteroatoms. The Balaban J connectivity index is 2.14. The van der Waals surface area contributed by atoms with Crippen LogP contribution in [0, 0.1) is 5.92 Å². The van der Waals surface area contributed by atoms with Crippen molar-refractivity contribution in [2.75, 3.05) is 33.0 Å². The zero-order chi connectivity index (χ0) is 23.7. The third-order valence-electron chi connectivity index (χ3n) is 5.68. The highest BCUT2D eigenvalue weighted by Crippen LogP contribution is 2.36. The number of ether oxygens (including phenoxy) is 1. The predicted molar refractivity (Wildman–Crippen MR) is 121 cm³/mol. The fourth-order valence-electron chi connectivity index (χ4n) is 3.56. The van der Waals surface area contributed by atoms with E-state index in [1.807, 2.05) is 6.92 Å². The number of hydrogen-bond donors (Lipinski definition) is 1. The Bertz CT molecular complexity index is 1160. The summed E-state index contributed by atoms with van der Waals surface area (Å²) in [6.07, 6.45) is 3.78. The van der Waals surface area contributed by atoms with Crippen molar-refractivity contribution < 1.29 is 26.7 Å². The first kappa shape index (κ1) is 24.6. The number of hydrogen-bond acceptors (Lipinski definition) is 7. The number of benzene rings is 1. The normalized spacial score (nSPS) is 22.4. The minimum Gasteiger partial charge on any atom is -0.487 e. The molecular weight excluding hydrogens is 454 g/mol. The number of aliphatic hydroxyl groups excluding tert-OH is 1. The van der Waals surface area contributed by atoms with Crippen LogP contribution in [0.1, 0.15) is 13.8 Å². The molecule has 0 spiro atoms. The Labute approximate surface area is 189 Å². The second-order valence-electron chi connectivity index (χ2n) is 8.18. The molecule has 3 rings (SSSR count). The van der Waals surface area contributed by atoms with E-state index in [4.69, 9.17) is 4.74 Å². The molecule has 0 bridgehead atoms. The fraction of sp³-hybridized carbons (Fsp3) is 0.476. The lowest BCUT2D eigenvalue weighted by Gasteiger charge is -2.37. The van der Waals surface area contributed by atoms with Crippen molar-refractivity contribution >= 4 is 20.0 Å². The molecule has 2 aromatic rings. The number of aromatic nitrogens is 1. The Morgan fingerprint density at radius 3 is 2.50 bits per heavy atom. The van der Waals surface area contributed by atoms with Crippen LogP contribution in [0.3, 0.4) is 0 Å². The van der Waals surface area contributed by atoms with Crippen molar-refractivity contribution in [3.63, 3.8) is 0 Å². The van der Waals surface area contributed by atoms with Crippen LogP contribution in [-0.2, 0) is 20.0 Å². The van der Waals surface area contributed by atoms with Gasteiger partial charge < -0.3 is 9.84 Å². The largest absolute Gasteiger partial charge is 0.487 e. The molecule has 1 aliphatic rings. The maximum absolute atomic E-state index is 13.5. The van der Waals surface area contributed by atoms with Gasteiger partial charge in [0.1, 0.15) is 16.7 Å². The van der Waals surface area contributed by atoms with Crippen molar-refractivity contribution in [2.45, 2.75) is 30.9 Å². The van der Waals surface area contributed by atoms with Crippen LogP contribution in [-0.4, -0.2) is 80.7 Å². The average molecular weight is 484 g/mol. The quantitative estimate of drug-likeness (QED) is 0.660.